The number of aliphatic carboxylic acids is 1. The van der Waals surface area contributed by atoms with Crippen LogP contribution in [0.25, 0.3) is 0 Å². The summed E-state index contributed by atoms with van der Waals surface area (Å²) >= 11 is 0. The summed E-state index contributed by atoms with van der Waals surface area (Å²) in [4.78, 5) is 9.96. The standard InChI is InChI=1S/C9H8O3/c10-9(11)6-2-1-4-8-5-3-7-12-8/h3,5,7H,1,4H2,(H,10,11). The topological polar surface area (TPSA) is 50.4 Å². The van der Waals surface area contributed by atoms with Crippen LogP contribution in [0, 0.1) is 11.8 Å². The van der Waals surface area contributed by atoms with Crippen LogP contribution in [-0.2, 0) is 11.2 Å². The third kappa shape index (κ3) is 2.93. The fraction of sp³-hybridized carbons (Fsp3) is 0.222. The van der Waals surface area contributed by atoms with Crippen LogP contribution in [0.5, 0.6) is 0 Å². The van der Waals surface area contributed by atoms with E-state index in [0.717, 1.165) is 5.76 Å². The Morgan fingerprint density at radius 1 is 1.67 bits per heavy atom. The Bertz CT molecular complexity index is 300. The van der Waals surface area contributed by atoms with Crippen LogP contribution < -0.4 is 0 Å². The largest absolute Gasteiger partial charge is 0.472 e. The summed E-state index contributed by atoms with van der Waals surface area (Å²) in [6.45, 7) is 0. The number of carbonyl (C=O) groups is 1. The molecule has 1 N–H and O–H groups in total. The summed E-state index contributed by atoms with van der Waals surface area (Å²) in [5, 5.41) is 8.17. The Hall–Kier alpha value is -1.69. The van der Waals surface area contributed by atoms with E-state index in [9.17, 15) is 4.79 Å². The van der Waals surface area contributed by atoms with Crippen molar-refractivity contribution in [1.29, 1.82) is 0 Å². The fourth-order valence-corrected chi connectivity index (χ4v) is 0.779. The van der Waals surface area contributed by atoms with Gasteiger partial charge < -0.3 is 9.52 Å². The Balaban J connectivity index is 2.29. The van der Waals surface area contributed by atoms with Gasteiger partial charge in [0.15, 0.2) is 0 Å². The maximum Gasteiger partial charge on any atom is 0.381 e. The summed E-state index contributed by atoms with van der Waals surface area (Å²) < 4.78 is 5.03. The summed E-state index contributed by atoms with van der Waals surface area (Å²) in [6, 6.07) is 3.63. The minimum absolute atomic E-state index is 0.514. The zero-order chi connectivity index (χ0) is 8.81. The minimum atomic E-state index is -1.09. The Morgan fingerprint density at radius 3 is 3.08 bits per heavy atom. The number of hydrogen-bond acceptors (Lipinski definition) is 2. The molecule has 0 aliphatic rings. The van der Waals surface area contributed by atoms with Crippen molar-refractivity contribution in [3.05, 3.63) is 24.2 Å². The molecule has 12 heavy (non-hydrogen) atoms. The Kier molecular flexibility index (Phi) is 2.97. The highest BCUT2D eigenvalue weighted by molar-refractivity contribution is 5.86. The lowest BCUT2D eigenvalue weighted by Crippen LogP contribution is -1.87. The van der Waals surface area contributed by atoms with Crippen LogP contribution in [-0.4, -0.2) is 11.1 Å². The second-order valence-electron chi connectivity index (χ2n) is 2.19. The van der Waals surface area contributed by atoms with Crippen LogP contribution in [0.3, 0.4) is 0 Å². The number of carboxylic acid groups (broad SMARTS) is 1. The lowest BCUT2D eigenvalue weighted by atomic mass is 10.2. The quantitative estimate of drug-likeness (QED) is 0.670. The van der Waals surface area contributed by atoms with Gasteiger partial charge in [0.05, 0.1) is 6.26 Å². The van der Waals surface area contributed by atoms with Gasteiger partial charge in [0.2, 0.25) is 0 Å². The Morgan fingerprint density at radius 2 is 2.50 bits per heavy atom. The van der Waals surface area contributed by atoms with Gasteiger partial charge in [0.1, 0.15) is 5.76 Å². The monoisotopic (exact) mass is 164 g/mol. The van der Waals surface area contributed by atoms with Gasteiger partial charge in [0, 0.05) is 18.8 Å². The fourth-order valence-electron chi connectivity index (χ4n) is 0.779. The molecule has 0 bridgehead atoms. The van der Waals surface area contributed by atoms with Gasteiger partial charge in [0.25, 0.3) is 0 Å². The average molecular weight is 164 g/mol. The van der Waals surface area contributed by atoms with Crippen LogP contribution in [0.2, 0.25) is 0 Å². The van der Waals surface area contributed by atoms with Crippen molar-refractivity contribution in [1.82, 2.24) is 0 Å². The van der Waals surface area contributed by atoms with E-state index in [2.05, 4.69) is 5.92 Å². The molecule has 0 atom stereocenters. The molecule has 0 aliphatic carbocycles. The van der Waals surface area contributed by atoms with E-state index in [1.54, 1.807) is 12.3 Å². The third-order valence-corrected chi connectivity index (χ3v) is 1.27. The number of carboxylic acids is 1. The van der Waals surface area contributed by atoms with Gasteiger partial charge in [-0.2, -0.15) is 0 Å². The summed E-state index contributed by atoms with van der Waals surface area (Å²) in [6.07, 6.45) is 2.76. The predicted molar refractivity (Wildman–Crippen MR) is 42.4 cm³/mol. The molecule has 0 amide bonds. The highest BCUT2D eigenvalue weighted by atomic mass is 16.4. The molecular weight excluding hydrogens is 156 g/mol. The molecule has 0 saturated carbocycles. The third-order valence-electron chi connectivity index (χ3n) is 1.27. The molecule has 0 aromatic carbocycles. The summed E-state index contributed by atoms with van der Waals surface area (Å²) in [5.41, 5.74) is 0. The molecule has 0 radical (unpaired) electrons. The van der Waals surface area contributed by atoms with Crippen molar-refractivity contribution in [2.24, 2.45) is 0 Å². The van der Waals surface area contributed by atoms with Crippen LogP contribution in [0.4, 0.5) is 0 Å². The van der Waals surface area contributed by atoms with Gasteiger partial charge in [-0.05, 0) is 12.1 Å². The van der Waals surface area contributed by atoms with Crippen molar-refractivity contribution in [2.75, 3.05) is 0 Å². The molecule has 0 aliphatic heterocycles. The van der Waals surface area contributed by atoms with E-state index >= 15 is 0 Å². The normalized spacial score (nSPS) is 8.67. The summed E-state index contributed by atoms with van der Waals surface area (Å²) in [5.74, 6) is 4.29. The smallest absolute Gasteiger partial charge is 0.381 e. The number of rotatable bonds is 2. The van der Waals surface area contributed by atoms with Crippen molar-refractivity contribution in [3.63, 3.8) is 0 Å². The van der Waals surface area contributed by atoms with E-state index in [4.69, 9.17) is 9.52 Å². The Labute approximate surface area is 70.0 Å². The van der Waals surface area contributed by atoms with Crippen LogP contribution in [0.15, 0.2) is 22.8 Å². The van der Waals surface area contributed by atoms with E-state index in [1.807, 2.05) is 12.0 Å². The maximum absolute atomic E-state index is 9.96. The number of furan rings is 1. The first-order chi connectivity index (χ1) is 5.79. The van der Waals surface area contributed by atoms with Crippen LogP contribution in [0.1, 0.15) is 12.2 Å². The van der Waals surface area contributed by atoms with E-state index in [1.165, 1.54) is 0 Å². The molecule has 62 valence electrons. The average Bonchev–Trinajstić information content (AvgIpc) is 2.49. The summed E-state index contributed by atoms with van der Waals surface area (Å²) in [7, 11) is 0. The molecule has 0 spiro atoms. The van der Waals surface area contributed by atoms with Crippen LogP contribution >= 0.6 is 0 Å². The first-order valence-electron chi connectivity index (χ1n) is 3.53. The minimum Gasteiger partial charge on any atom is -0.472 e. The number of aryl methyl sites for hydroxylation is 1. The van der Waals surface area contributed by atoms with Crippen molar-refractivity contribution >= 4 is 5.97 Å². The second-order valence-corrected chi connectivity index (χ2v) is 2.19. The maximum atomic E-state index is 9.96. The van der Waals surface area contributed by atoms with Crippen molar-refractivity contribution in [2.45, 2.75) is 12.8 Å². The zero-order valence-corrected chi connectivity index (χ0v) is 6.41. The molecule has 0 unspecified atom stereocenters. The second kappa shape index (κ2) is 4.24. The molecular formula is C9H8O3. The first kappa shape index (κ1) is 8.41. The highest BCUT2D eigenvalue weighted by Gasteiger charge is 1.92. The molecule has 0 saturated heterocycles. The van der Waals surface area contributed by atoms with E-state index < -0.39 is 5.97 Å². The van der Waals surface area contributed by atoms with E-state index in [-0.39, 0.29) is 0 Å². The molecule has 3 heteroatoms. The zero-order valence-electron chi connectivity index (χ0n) is 6.41. The molecule has 1 aromatic heterocycles. The van der Waals surface area contributed by atoms with Crippen molar-refractivity contribution in [3.8, 4) is 11.8 Å². The lowest BCUT2D eigenvalue weighted by molar-refractivity contribution is -0.130. The molecule has 1 rings (SSSR count). The van der Waals surface area contributed by atoms with Gasteiger partial charge in [-0.15, -0.1) is 0 Å². The first-order valence-corrected chi connectivity index (χ1v) is 3.53. The number of hydrogen-bond donors (Lipinski definition) is 1. The van der Waals surface area contributed by atoms with Crippen molar-refractivity contribution < 1.29 is 14.3 Å². The SMILES string of the molecule is O=C(O)C#CCCc1ccco1. The van der Waals surface area contributed by atoms with E-state index in [0.29, 0.717) is 12.8 Å². The molecule has 1 heterocycles. The van der Waals surface area contributed by atoms with Gasteiger partial charge >= 0.3 is 5.97 Å². The molecule has 0 fully saturated rings. The molecule has 3 nitrogen and oxygen atoms in total. The van der Waals surface area contributed by atoms with Gasteiger partial charge in [-0.3, -0.25) is 0 Å². The van der Waals surface area contributed by atoms with Gasteiger partial charge in [-0.25, -0.2) is 4.79 Å². The lowest BCUT2D eigenvalue weighted by Gasteiger charge is -1.86. The van der Waals surface area contributed by atoms with Gasteiger partial charge in [-0.1, -0.05) is 5.92 Å². The highest BCUT2D eigenvalue weighted by Crippen LogP contribution is 2.02. The molecule has 1 aromatic rings. The predicted octanol–water partition coefficient (Wildman–Crippen LogP) is 1.30.